The summed E-state index contributed by atoms with van der Waals surface area (Å²) in [4.78, 5) is 10.0. The zero-order valence-corrected chi connectivity index (χ0v) is 8.28. The zero-order valence-electron chi connectivity index (χ0n) is 8.28. The summed E-state index contributed by atoms with van der Waals surface area (Å²) >= 11 is 0. The molecule has 1 aromatic rings. The highest BCUT2D eigenvalue weighted by Gasteiger charge is 1.94. The van der Waals surface area contributed by atoms with Gasteiger partial charge in [0.1, 0.15) is 6.54 Å². The molecule has 2 N–H and O–H groups in total. The molecule has 0 saturated heterocycles. The van der Waals surface area contributed by atoms with Crippen molar-refractivity contribution < 1.29 is 0 Å². The Morgan fingerprint density at radius 2 is 1.71 bits per heavy atom. The van der Waals surface area contributed by atoms with Crippen molar-refractivity contribution in [3.8, 4) is 0 Å². The van der Waals surface area contributed by atoms with Crippen molar-refractivity contribution in [2.24, 2.45) is 10.9 Å². The molecule has 0 aromatic heterocycles. The summed E-state index contributed by atoms with van der Waals surface area (Å²) in [6.07, 6.45) is 3.26. The third-order valence-corrected chi connectivity index (χ3v) is 2.19. The van der Waals surface area contributed by atoms with E-state index in [1.807, 2.05) is 12.1 Å². The number of nitrogens with two attached hydrogens (primary N) is 1. The van der Waals surface area contributed by atoms with Crippen molar-refractivity contribution >= 4 is 0 Å². The van der Waals surface area contributed by atoms with Gasteiger partial charge in [-0.25, -0.2) is 0 Å². The lowest BCUT2D eigenvalue weighted by molar-refractivity contribution is 0.744. The Kier molecular flexibility index (Phi) is 4.86. The Labute approximate surface area is 84.3 Å². The molecule has 0 aliphatic rings. The zero-order chi connectivity index (χ0) is 10.2. The van der Waals surface area contributed by atoms with E-state index >= 15 is 0 Å². The van der Waals surface area contributed by atoms with Crippen LogP contribution >= 0.6 is 0 Å². The van der Waals surface area contributed by atoms with Crippen molar-refractivity contribution in [1.29, 1.82) is 0 Å². The number of rotatable bonds is 6. The summed E-state index contributed by atoms with van der Waals surface area (Å²) in [5, 5.41) is 2.84. The lowest BCUT2D eigenvalue weighted by atomic mass is 10.1. The Bertz CT molecular complexity index is 269. The van der Waals surface area contributed by atoms with Crippen LogP contribution in [0.3, 0.4) is 0 Å². The number of hydrogen-bond acceptors (Lipinski definition) is 3. The van der Waals surface area contributed by atoms with Crippen molar-refractivity contribution in [1.82, 2.24) is 0 Å². The maximum absolute atomic E-state index is 10.0. The molecule has 0 aliphatic carbocycles. The van der Waals surface area contributed by atoms with Gasteiger partial charge in [-0.15, -0.1) is 0 Å². The molecule has 0 atom stereocenters. The molecule has 1 rings (SSSR count). The Morgan fingerprint density at radius 3 is 2.29 bits per heavy atom. The fraction of sp³-hybridized carbons (Fsp3) is 0.455. The fourth-order valence-electron chi connectivity index (χ4n) is 1.36. The van der Waals surface area contributed by atoms with E-state index < -0.39 is 0 Å². The molecule has 0 unspecified atom stereocenters. The second kappa shape index (κ2) is 6.27. The fourth-order valence-corrected chi connectivity index (χ4v) is 1.36. The second-order valence-electron chi connectivity index (χ2n) is 3.35. The largest absolute Gasteiger partial charge is 0.330 e. The van der Waals surface area contributed by atoms with Crippen molar-refractivity contribution in [3.05, 3.63) is 40.3 Å². The molecule has 3 nitrogen and oxygen atoms in total. The number of hydrogen-bond donors (Lipinski definition) is 1. The van der Waals surface area contributed by atoms with Gasteiger partial charge in [-0.1, -0.05) is 29.4 Å². The number of benzene rings is 1. The van der Waals surface area contributed by atoms with Gasteiger partial charge in [0.25, 0.3) is 0 Å². The number of unbranched alkanes of at least 4 members (excludes halogenated alkanes) is 1. The highest BCUT2D eigenvalue weighted by molar-refractivity contribution is 5.22. The van der Waals surface area contributed by atoms with E-state index in [9.17, 15) is 4.91 Å². The molecule has 76 valence electrons. The standard InChI is InChI=1S/C11H16N2O/c12-8-2-1-3-10-4-6-11(7-5-10)9-13-14/h4-7H,1-3,8-9,12H2. The minimum absolute atomic E-state index is 0.267. The van der Waals surface area contributed by atoms with Gasteiger partial charge in [0.15, 0.2) is 0 Å². The molecule has 0 heterocycles. The van der Waals surface area contributed by atoms with Gasteiger partial charge in [0.2, 0.25) is 0 Å². The van der Waals surface area contributed by atoms with E-state index in [2.05, 4.69) is 17.3 Å². The molecule has 0 amide bonds. The second-order valence-corrected chi connectivity index (χ2v) is 3.35. The first-order valence-electron chi connectivity index (χ1n) is 4.94. The molecular weight excluding hydrogens is 176 g/mol. The van der Waals surface area contributed by atoms with Crippen LogP contribution in [0.2, 0.25) is 0 Å². The molecular formula is C11H16N2O. The topological polar surface area (TPSA) is 55.4 Å². The first kappa shape index (κ1) is 10.9. The van der Waals surface area contributed by atoms with E-state index in [0.29, 0.717) is 0 Å². The summed E-state index contributed by atoms with van der Waals surface area (Å²) in [5.41, 5.74) is 7.68. The SMILES string of the molecule is NCCCCc1ccc(CN=O)cc1. The van der Waals surface area contributed by atoms with Gasteiger partial charge >= 0.3 is 0 Å². The molecule has 14 heavy (non-hydrogen) atoms. The van der Waals surface area contributed by atoms with Crippen LogP contribution in [0.15, 0.2) is 29.4 Å². The maximum atomic E-state index is 10.0. The normalized spacial score (nSPS) is 10.1. The van der Waals surface area contributed by atoms with Crippen LogP contribution in [0.1, 0.15) is 24.0 Å². The first-order chi connectivity index (χ1) is 6.86. The maximum Gasteiger partial charge on any atom is 0.106 e. The minimum Gasteiger partial charge on any atom is -0.330 e. The Morgan fingerprint density at radius 1 is 1.07 bits per heavy atom. The average Bonchev–Trinajstić information content (AvgIpc) is 2.21. The van der Waals surface area contributed by atoms with Crippen molar-refractivity contribution in [2.45, 2.75) is 25.8 Å². The van der Waals surface area contributed by atoms with Crippen LogP contribution in [-0.2, 0) is 13.0 Å². The van der Waals surface area contributed by atoms with Gasteiger partial charge < -0.3 is 5.73 Å². The van der Waals surface area contributed by atoms with Crippen molar-refractivity contribution in [3.63, 3.8) is 0 Å². The third kappa shape index (κ3) is 3.66. The van der Waals surface area contributed by atoms with Gasteiger partial charge in [0, 0.05) is 0 Å². The van der Waals surface area contributed by atoms with E-state index in [4.69, 9.17) is 5.73 Å². The highest BCUT2D eigenvalue weighted by Crippen LogP contribution is 2.08. The van der Waals surface area contributed by atoms with Crippen LogP contribution in [0, 0.1) is 4.91 Å². The molecule has 0 radical (unpaired) electrons. The monoisotopic (exact) mass is 192 g/mol. The summed E-state index contributed by atoms with van der Waals surface area (Å²) in [5.74, 6) is 0. The predicted molar refractivity (Wildman–Crippen MR) is 57.9 cm³/mol. The highest BCUT2D eigenvalue weighted by atomic mass is 16.3. The molecule has 0 bridgehead atoms. The van der Waals surface area contributed by atoms with Crippen LogP contribution in [-0.4, -0.2) is 6.54 Å². The number of aryl methyl sites for hydroxylation is 1. The lowest BCUT2D eigenvalue weighted by Crippen LogP contribution is -1.98. The quantitative estimate of drug-likeness (QED) is 0.555. The number of nitroso groups, excluding NO2 is 1. The minimum atomic E-state index is 0.267. The molecule has 0 aliphatic heterocycles. The van der Waals surface area contributed by atoms with E-state index in [1.165, 1.54) is 5.56 Å². The molecule has 0 fully saturated rings. The number of nitrogens with zero attached hydrogens (tertiary/aromatic N) is 1. The molecule has 3 heteroatoms. The lowest BCUT2D eigenvalue weighted by Gasteiger charge is -2.01. The summed E-state index contributed by atoms with van der Waals surface area (Å²) in [7, 11) is 0. The predicted octanol–water partition coefficient (Wildman–Crippen LogP) is 2.23. The van der Waals surface area contributed by atoms with E-state index in [-0.39, 0.29) is 6.54 Å². The smallest absolute Gasteiger partial charge is 0.106 e. The summed E-state index contributed by atoms with van der Waals surface area (Å²) < 4.78 is 0. The van der Waals surface area contributed by atoms with Gasteiger partial charge in [-0.05, 0) is 36.9 Å². The van der Waals surface area contributed by atoms with Crippen LogP contribution in [0.4, 0.5) is 0 Å². The molecule has 0 spiro atoms. The van der Waals surface area contributed by atoms with Crippen LogP contribution in [0.25, 0.3) is 0 Å². The Hall–Kier alpha value is -1.22. The van der Waals surface area contributed by atoms with Crippen LogP contribution < -0.4 is 5.73 Å². The van der Waals surface area contributed by atoms with Gasteiger partial charge in [-0.3, -0.25) is 0 Å². The van der Waals surface area contributed by atoms with Gasteiger partial charge in [-0.2, -0.15) is 4.91 Å². The van der Waals surface area contributed by atoms with E-state index in [0.717, 1.165) is 31.4 Å². The molecule has 1 aromatic carbocycles. The average molecular weight is 192 g/mol. The first-order valence-corrected chi connectivity index (χ1v) is 4.94. The van der Waals surface area contributed by atoms with Crippen molar-refractivity contribution in [2.75, 3.05) is 6.54 Å². The molecule has 0 saturated carbocycles. The van der Waals surface area contributed by atoms with Gasteiger partial charge in [0.05, 0.1) is 0 Å². The summed E-state index contributed by atoms with van der Waals surface area (Å²) in [6, 6.07) is 8.02. The van der Waals surface area contributed by atoms with E-state index in [1.54, 1.807) is 0 Å². The third-order valence-electron chi connectivity index (χ3n) is 2.19. The Balaban J connectivity index is 2.42. The summed E-state index contributed by atoms with van der Waals surface area (Å²) in [6.45, 7) is 1.02. The van der Waals surface area contributed by atoms with Crippen LogP contribution in [0.5, 0.6) is 0 Å².